The molecule has 0 N–H and O–H groups in total. The molecule has 1 aromatic heterocycles. The van der Waals surface area contributed by atoms with Gasteiger partial charge in [-0.3, -0.25) is 0 Å². The first-order valence-corrected chi connectivity index (χ1v) is 6.05. The highest BCUT2D eigenvalue weighted by molar-refractivity contribution is 5.46. The quantitative estimate of drug-likeness (QED) is 0.784. The Morgan fingerprint density at radius 3 is 2.41 bits per heavy atom. The molecule has 1 rings (SSSR count). The summed E-state index contributed by atoms with van der Waals surface area (Å²) in [6.07, 6.45) is 1.56. The molecule has 4 nitrogen and oxygen atoms in total. The summed E-state index contributed by atoms with van der Waals surface area (Å²) in [5.41, 5.74) is 2.39. The van der Waals surface area contributed by atoms with E-state index >= 15 is 0 Å². The highest BCUT2D eigenvalue weighted by Crippen LogP contribution is 2.22. The first-order valence-electron chi connectivity index (χ1n) is 6.05. The van der Waals surface area contributed by atoms with Crippen molar-refractivity contribution in [2.24, 2.45) is 5.92 Å². The summed E-state index contributed by atoms with van der Waals surface area (Å²) in [4.78, 5) is 0. The molecule has 0 saturated heterocycles. The molecule has 0 aliphatic heterocycles. The summed E-state index contributed by atoms with van der Waals surface area (Å²) in [6, 6.07) is 2.19. The molecule has 0 saturated carbocycles. The fourth-order valence-electron chi connectivity index (χ4n) is 1.62. The Kier molecular flexibility index (Phi) is 4.89. The Morgan fingerprint density at radius 1 is 1.24 bits per heavy atom. The summed E-state index contributed by atoms with van der Waals surface area (Å²) in [5, 5.41) is 17.4. The normalized spacial score (nSPS) is 10.4. The van der Waals surface area contributed by atoms with Crippen molar-refractivity contribution in [1.82, 2.24) is 10.2 Å². The van der Waals surface area contributed by atoms with Gasteiger partial charge in [-0.1, -0.05) is 27.7 Å². The van der Waals surface area contributed by atoms with E-state index in [4.69, 9.17) is 4.74 Å². The van der Waals surface area contributed by atoms with Gasteiger partial charge >= 0.3 is 0 Å². The van der Waals surface area contributed by atoms with E-state index in [-0.39, 0.29) is 0 Å². The topological polar surface area (TPSA) is 58.8 Å². The average molecular weight is 233 g/mol. The Bertz CT molecular complexity index is 421. The van der Waals surface area contributed by atoms with E-state index in [1.807, 2.05) is 13.8 Å². The number of ether oxygens (including phenoxy) is 1. The number of nitrogens with zero attached hydrogens (tertiary/aromatic N) is 3. The van der Waals surface area contributed by atoms with Crippen molar-refractivity contribution in [3.05, 3.63) is 16.8 Å². The Labute approximate surface area is 103 Å². The van der Waals surface area contributed by atoms with Crippen molar-refractivity contribution in [1.29, 1.82) is 5.26 Å². The van der Waals surface area contributed by atoms with Crippen LogP contribution in [0.4, 0.5) is 0 Å². The van der Waals surface area contributed by atoms with Crippen LogP contribution in [-0.4, -0.2) is 16.8 Å². The summed E-state index contributed by atoms with van der Waals surface area (Å²) >= 11 is 0. The molecule has 1 heterocycles. The maximum absolute atomic E-state index is 9.22. The zero-order chi connectivity index (χ0) is 12.8. The molecule has 0 atom stereocenters. The van der Waals surface area contributed by atoms with Crippen LogP contribution < -0.4 is 4.74 Å². The van der Waals surface area contributed by atoms with Crippen molar-refractivity contribution in [2.45, 2.75) is 40.5 Å². The van der Waals surface area contributed by atoms with Gasteiger partial charge in [-0.25, -0.2) is 0 Å². The molecular weight excluding hydrogens is 214 g/mol. The van der Waals surface area contributed by atoms with Crippen molar-refractivity contribution in [3.8, 4) is 11.9 Å². The van der Waals surface area contributed by atoms with E-state index in [2.05, 4.69) is 30.1 Å². The van der Waals surface area contributed by atoms with Crippen LogP contribution in [0.3, 0.4) is 0 Å². The van der Waals surface area contributed by atoms with Gasteiger partial charge in [0.2, 0.25) is 0 Å². The van der Waals surface area contributed by atoms with Gasteiger partial charge in [-0.2, -0.15) is 10.4 Å². The van der Waals surface area contributed by atoms with E-state index in [0.29, 0.717) is 24.0 Å². The average Bonchev–Trinajstić information content (AvgIpc) is 2.34. The van der Waals surface area contributed by atoms with Crippen LogP contribution in [0.5, 0.6) is 5.88 Å². The lowest BCUT2D eigenvalue weighted by molar-refractivity contribution is 0.257. The van der Waals surface area contributed by atoms with Gasteiger partial charge in [0.05, 0.1) is 12.3 Å². The fourth-order valence-corrected chi connectivity index (χ4v) is 1.62. The summed E-state index contributed by atoms with van der Waals surface area (Å²) in [7, 11) is 0. The molecule has 0 radical (unpaired) electrons. The Hall–Kier alpha value is -1.63. The van der Waals surface area contributed by atoms with E-state index in [1.54, 1.807) is 0 Å². The van der Waals surface area contributed by atoms with E-state index in [0.717, 1.165) is 24.1 Å². The molecule has 0 aliphatic carbocycles. The summed E-state index contributed by atoms with van der Waals surface area (Å²) < 4.78 is 5.54. The van der Waals surface area contributed by atoms with Crippen LogP contribution in [0.15, 0.2) is 0 Å². The number of hydrogen-bond acceptors (Lipinski definition) is 4. The molecule has 0 unspecified atom stereocenters. The smallest absolute Gasteiger partial charge is 0.251 e. The minimum absolute atomic E-state index is 0.371. The predicted octanol–water partition coefficient (Wildman–Crippen LogP) is 2.51. The molecule has 0 bridgehead atoms. The molecule has 17 heavy (non-hydrogen) atoms. The Morgan fingerprint density at radius 2 is 1.94 bits per heavy atom. The SMILES string of the molecule is CCc1nnc(OCC(C)C)c(C#N)c1CC. The van der Waals surface area contributed by atoms with Crippen molar-refractivity contribution >= 4 is 0 Å². The zero-order valence-electron chi connectivity index (χ0n) is 10.9. The van der Waals surface area contributed by atoms with Crippen LogP contribution in [0.1, 0.15) is 44.5 Å². The molecule has 0 spiro atoms. The van der Waals surface area contributed by atoms with Gasteiger partial charge in [0.1, 0.15) is 11.6 Å². The standard InChI is InChI=1S/C13H19N3O/c1-5-10-11(7-14)13(17-8-9(3)4)16-15-12(10)6-2/h9H,5-6,8H2,1-4H3. The third kappa shape index (κ3) is 3.16. The van der Waals surface area contributed by atoms with Crippen molar-refractivity contribution < 1.29 is 4.74 Å². The van der Waals surface area contributed by atoms with Crippen molar-refractivity contribution in [3.63, 3.8) is 0 Å². The zero-order valence-corrected chi connectivity index (χ0v) is 10.9. The van der Waals surface area contributed by atoms with Gasteiger partial charge in [0, 0.05) is 0 Å². The third-order valence-corrected chi connectivity index (χ3v) is 2.48. The van der Waals surface area contributed by atoms with Gasteiger partial charge in [0.25, 0.3) is 5.88 Å². The van der Waals surface area contributed by atoms with Crippen LogP contribution in [0.2, 0.25) is 0 Å². The van der Waals surface area contributed by atoms with Crippen LogP contribution in [-0.2, 0) is 12.8 Å². The number of aryl methyl sites for hydroxylation is 1. The minimum atomic E-state index is 0.371. The minimum Gasteiger partial charge on any atom is -0.475 e. The predicted molar refractivity (Wildman–Crippen MR) is 65.8 cm³/mol. The first kappa shape index (κ1) is 13.4. The molecule has 0 fully saturated rings. The van der Waals surface area contributed by atoms with E-state index in [9.17, 15) is 5.26 Å². The highest BCUT2D eigenvalue weighted by atomic mass is 16.5. The van der Waals surface area contributed by atoms with Crippen molar-refractivity contribution in [2.75, 3.05) is 6.61 Å². The maximum atomic E-state index is 9.22. The Balaban J connectivity index is 3.11. The lowest BCUT2D eigenvalue weighted by Crippen LogP contribution is -2.11. The molecular formula is C13H19N3O. The molecule has 0 amide bonds. The fraction of sp³-hybridized carbons (Fsp3) is 0.615. The van der Waals surface area contributed by atoms with E-state index in [1.165, 1.54) is 0 Å². The first-order chi connectivity index (χ1) is 8.13. The maximum Gasteiger partial charge on any atom is 0.251 e. The monoisotopic (exact) mass is 233 g/mol. The molecule has 0 aromatic carbocycles. The lowest BCUT2D eigenvalue weighted by atomic mass is 10.0. The number of hydrogen-bond donors (Lipinski definition) is 0. The third-order valence-electron chi connectivity index (χ3n) is 2.48. The van der Waals surface area contributed by atoms with Crippen LogP contribution >= 0.6 is 0 Å². The number of aromatic nitrogens is 2. The number of nitriles is 1. The lowest BCUT2D eigenvalue weighted by Gasteiger charge is -2.12. The number of rotatable bonds is 5. The van der Waals surface area contributed by atoms with E-state index < -0.39 is 0 Å². The van der Waals surface area contributed by atoms with Crippen LogP contribution in [0.25, 0.3) is 0 Å². The molecule has 1 aromatic rings. The van der Waals surface area contributed by atoms with Gasteiger partial charge in [-0.15, -0.1) is 5.10 Å². The summed E-state index contributed by atoms with van der Waals surface area (Å²) in [5.74, 6) is 0.773. The second kappa shape index (κ2) is 6.19. The van der Waals surface area contributed by atoms with Gasteiger partial charge in [0.15, 0.2) is 0 Å². The summed E-state index contributed by atoms with van der Waals surface area (Å²) in [6.45, 7) is 8.70. The molecule has 4 heteroatoms. The second-order valence-corrected chi connectivity index (χ2v) is 4.33. The largest absolute Gasteiger partial charge is 0.475 e. The second-order valence-electron chi connectivity index (χ2n) is 4.33. The molecule has 92 valence electrons. The highest BCUT2D eigenvalue weighted by Gasteiger charge is 2.15. The van der Waals surface area contributed by atoms with Gasteiger partial charge < -0.3 is 4.74 Å². The molecule has 0 aliphatic rings. The van der Waals surface area contributed by atoms with Gasteiger partial charge in [-0.05, 0) is 24.3 Å². The van der Waals surface area contributed by atoms with Crippen LogP contribution in [0, 0.1) is 17.2 Å².